The summed E-state index contributed by atoms with van der Waals surface area (Å²) in [6, 6.07) is 21.0. The summed E-state index contributed by atoms with van der Waals surface area (Å²) in [6.45, 7) is 7.18. The molecule has 6 heteroatoms. The second kappa shape index (κ2) is 12.9. The molecule has 196 valence electrons. The van der Waals surface area contributed by atoms with Gasteiger partial charge in [0, 0.05) is 35.3 Å². The van der Waals surface area contributed by atoms with Crippen LogP contribution in [0.3, 0.4) is 0 Å². The average molecular weight is 519 g/mol. The predicted octanol–water partition coefficient (Wildman–Crippen LogP) is 7.17. The maximum atomic E-state index is 6.03. The first kappa shape index (κ1) is 27.0. The van der Waals surface area contributed by atoms with E-state index in [-0.39, 0.29) is 0 Å². The molecule has 2 aromatic heterocycles. The molecule has 0 atom stereocenters. The van der Waals surface area contributed by atoms with E-state index >= 15 is 0 Å². The van der Waals surface area contributed by atoms with Crippen LogP contribution < -0.4 is 14.2 Å². The third-order valence-corrected chi connectivity index (χ3v) is 7.67. The molecular weight excluding hydrogens is 480 g/mol. The highest BCUT2D eigenvalue weighted by Crippen LogP contribution is 2.38. The van der Waals surface area contributed by atoms with E-state index in [9.17, 15) is 0 Å². The van der Waals surface area contributed by atoms with Crippen molar-refractivity contribution in [3.05, 3.63) is 84.2 Å². The summed E-state index contributed by atoms with van der Waals surface area (Å²) in [7, 11) is 5.49. The minimum Gasteiger partial charge on any atom is -0.494 e. The molecule has 0 radical (unpaired) electrons. The minimum absolute atomic E-state index is 0.474. The highest BCUT2D eigenvalue weighted by Gasteiger charge is 2.14. The van der Waals surface area contributed by atoms with E-state index < -0.39 is 0 Å². The zero-order valence-electron chi connectivity index (χ0n) is 22.6. The molecule has 0 aliphatic heterocycles. The quantitative estimate of drug-likeness (QED) is 0.175. The van der Waals surface area contributed by atoms with Crippen molar-refractivity contribution in [1.29, 1.82) is 0 Å². The number of rotatable bonds is 13. The van der Waals surface area contributed by atoms with Gasteiger partial charge in [0.05, 0.1) is 26.3 Å². The lowest BCUT2D eigenvalue weighted by Crippen LogP contribution is -2.23. The third-order valence-electron chi connectivity index (χ3n) is 6.51. The Balaban J connectivity index is 1.23. The number of likely N-dealkylation sites (N-methyl/N-ethyl adjacent to an activating group) is 1. The van der Waals surface area contributed by atoms with E-state index in [1.54, 1.807) is 14.2 Å². The van der Waals surface area contributed by atoms with Crippen molar-refractivity contribution in [2.24, 2.45) is 0 Å². The number of aromatic nitrogens is 1. The van der Waals surface area contributed by atoms with Crippen molar-refractivity contribution in [3.63, 3.8) is 0 Å². The number of fused-ring (bicyclic) bond motifs is 1. The van der Waals surface area contributed by atoms with Crippen LogP contribution in [-0.4, -0.2) is 50.3 Å². The minimum atomic E-state index is 0.474. The van der Waals surface area contributed by atoms with Crippen molar-refractivity contribution in [2.75, 3.05) is 41.0 Å². The molecule has 0 fully saturated rings. The summed E-state index contributed by atoms with van der Waals surface area (Å²) in [5.41, 5.74) is 3.88. The summed E-state index contributed by atoms with van der Waals surface area (Å²) in [4.78, 5) is 4.90. The van der Waals surface area contributed by atoms with Gasteiger partial charge >= 0.3 is 0 Å². The van der Waals surface area contributed by atoms with Crippen molar-refractivity contribution in [1.82, 2.24) is 9.30 Å². The van der Waals surface area contributed by atoms with Crippen LogP contribution in [0.2, 0.25) is 0 Å². The zero-order chi connectivity index (χ0) is 26.2. The number of hydrogen-bond acceptors (Lipinski definition) is 5. The number of ether oxygens (including phenoxy) is 3. The standard InChI is InChI=1S/C31H38N2O3S/c1-23(2)27-22-33-18-7-6-9-28(33)31(27)37-26-13-11-25(12-14-26)36-20-8-17-32(3)19-16-24-10-15-29(34-4)30(21-24)35-5/h6-7,9-15,18,21-23H,8,16-17,19-20H2,1-5H3. The molecule has 2 aromatic carbocycles. The molecule has 5 nitrogen and oxygen atoms in total. The maximum Gasteiger partial charge on any atom is 0.160 e. The lowest BCUT2D eigenvalue weighted by molar-refractivity contribution is 0.264. The van der Waals surface area contributed by atoms with Crippen LogP contribution in [0.4, 0.5) is 0 Å². The van der Waals surface area contributed by atoms with E-state index in [0.717, 1.165) is 43.2 Å². The molecule has 0 N–H and O–H groups in total. The molecule has 0 unspecified atom stereocenters. The fourth-order valence-electron chi connectivity index (χ4n) is 4.35. The molecule has 2 heterocycles. The molecule has 0 aliphatic carbocycles. The number of hydrogen-bond donors (Lipinski definition) is 0. The van der Waals surface area contributed by atoms with Gasteiger partial charge < -0.3 is 23.5 Å². The topological polar surface area (TPSA) is 35.3 Å². The Labute approximate surface area is 225 Å². The SMILES string of the molecule is COc1ccc(CCN(C)CCCOc2ccc(Sc3c(C(C)C)cn4ccccc34)cc2)cc1OC. The highest BCUT2D eigenvalue weighted by atomic mass is 32.2. The molecule has 0 amide bonds. The van der Waals surface area contributed by atoms with Crippen LogP contribution in [0.25, 0.3) is 5.52 Å². The largest absolute Gasteiger partial charge is 0.494 e. The van der Waals surface area contributed by atoms with Gasteiger partial charge in [0.1, 0.15) is 5.75 Å². The molecule has 0 saturated heterocycles. The van der Waals surface area contributed by atoms with Crippen LogP contribution in [0.1, 0.15) is 37.3 Å². The second-order valence-electron chi connectivity index (χ2n) is 9.58. The van der Waals surface area contributed by atoms with Crippen molar-refractivity contribution < 1.29 is 14.2 Å². The third kappa shape index (κ3) is 7.02. The second-order valence-corrected chi connectivity index (χ2v) is 10.7. The van der Waals surface area contributed by atoms with Crippen LogP contribution in [0.5, 0.6) is 17.2 Å². The van der Waals surface area contributed by atoms with Crippen LogP contribution in [0, 0.1) is 0 Å². The lowest BCUT2D eigenvalue weighted by atomic mass is 10.1. The van der Waals surface area contributed by atoms with E-state index in [1.165, 1.54) is 26.4 Å². The Bertz CT molecular complexity index is 1280. The summed E-state index contributed by atoms with van der Waals surface area (Å²) in [5, 5.41) is 0. The van der Waals surface area contributed by atoms with Gasteiger partial charge in [-0.2, -0.15) is 0 Å². The van der Waals surface area contributed by atoms with Gasteiger partial charge in [0.25, 0.3) is 0 Å². The van der Waals surface area contributed by atoms with E-state index in [0.29, 0.717) is 12.5 Å². The fourth-order valence-corrected chi connectivity index (χ4v) is 5.55. The zero-order valence-corrected chi connectivity index (χ0v) is 23.4. The number of pyridine rings is 1. The molecule has 37 heavy (non-hydrogen) atoms. The fraction of sp³-hybridized carbons (Fsp3) is 0.355. The normalized spacial score (nSPS) is 11.4. The Morgan fingerprint density at radius 1 is 0.919 bits per heavy atom. The summed E-state index contributed by atoms with van der Waals surface area (Å²) >= 11 is 1.83. The molecule has 0 spiro atoms. The average Bonchev–Trinajstić information content (AvgIpc) is 3.29. The van der Waals surface area contributed by atoms with Gasteiger partial charge in [0.2, 0.25) is 0 Å². The van der Waals surface area contributed by atoms with Crippen LogP contribution in [0.15, 0.2) is 82.8 Å². The van der Waals surface area contributed by atoms with E-state index in [1.807, 2.05) is 17.8 Å². The Morgan fingerprint density at radius 2 is 1.70 bits per heavy atom. The first-order valence-electron chi connectivity index (χ1n) is 12.9. The smallest absolute Gasteiger partial charge is 0.160 e. The monoisotopic (exact) mass is 518 g/mol. The summed E-state index contributed by atoms with van der Waals surface area (Å²) in [5.74, 6) is 2.94. The maximum absolute atomic E-state index is 6.03. The molecule has 4 aromatic rings. The van der Waals surface area contributed by atoms with Crippen molar-refractivity contribution in [2.45, 2.75) is 42.4 Å². The van der Waals surface area contributed by atoms with Crippen molar-refractivity contribution >= 4 is 17.3 Å². The summed E-state index contributed by atoms with van der Waals surface area (Å²) in [6.07, 6.45) is 6.32. The van der Waals surface area contributed by atoms with E-state index in [4.69, 9.17) is 14.2 Å². The molecule has 0 bridgehead atoms. The van der Waals surface area contributed by atoms with Crippen molar-refractivity contribution in [3.8, 4) is 17.2 Å². The van der Waals surface area contributed by atoms with Gasteiger partial charge in [-0.1, -0.05) is 37.7 Å². The Morgan fingerprint density at radius 3 is 2.43 bits per heavy atom. The lowest BCUT2D eigenvalue weighted by Gasteiger charge is -2.17. The first-order chi connectivity index (χ1) is 18.0. The Hall–Kier alpha value is -3.09. The number of benzene rings is 2. The van der Waals surface area contributed by atoms with Gasteiger partial charge in [0.15, 0.2) is 11.5 Å². The van der Waals surface area contributed by atoms with Gasteiger partial charge in [-0.25, -0.2) is 0 Å². The van der Waals surface area contributed by atoms with Gasteiger partial charge in [-0.3, -0.25) is 0 Å². The first-order valence-corrected chi connectivity index (χ1v) is 13.7. The number of nitrogens with zero attached hydrogens (tertiary/aromatic N) is 2. The molecule has 0 saturated carbocycles. The van der Waals surface area contributed by atoms with Crippen LogP contribution in [-0.2, 0) is 6.42 Å². The predicted molar refractivity (Wildman–Crippen MR) is 153 cm³/mol. The number of methoxy groups -OCH3 is 2. The Kier molecular flexibility index (Phi) is 9.42. The van der Waals surface area contributed by atoms with Crippen LogP contribution >= 0.6 is 11.8 Å². The summed E-state index contributed by atoms with van der Waals surface area (Å²) < 4.78 is 19.0. The van der Waals surface area contributed by atoms with Gasteiger partial charge in [-0.05, 0) is 85.5 Å². The molecule has 0 aliphatic rings. The molecular formula is C31H38N2O3S. The van der Waals surface area contributed by atoms with E-state index in [2.05, 4.69) is 97.2 Å². The molecule has 4 rings (SSSR count). The van der Waals surface area contributed by atoms with Gasteiger partial charge in [-0.15, -0.1) is 0 Å². The highest BCUT2D eigenvalue weighted by molar-refractivity contribution is 7.99.